The van der Waals surface area contributed by atoms with Crippen molar-refractivity contribution in [1.82, 2.24) is 10.3 Å². The summed E-state index contributed by atoms with van der Waals surface area (Å²) in [4.78, 5) is 32.3. The van der Waals surface area contributed by atoms with Crippen LogP contribution in [-0.4, -0.2) is 47.9 Å². The molecule has 1 aliphatic heterocycles. The first-order valence-electron chi connectivity index (χ1n) is 10.2. The Morgan fingerprint density at radius 2 is 1.94 bits per heavy atom. The zero-order valence-corrected chi connectivity index (χ0v) is 19.7. The number of carbonyl (C=O) groups excluding carboxylic acids is 2. The maximum absolute atomic E-state index is 12.9. The summed E-state index contributed by atoms with van der Waals surface area (Å²) in [6.07, 6.45) is 7.71. The highest BCUT2D eigenvalue weighted by atomic mass is 35.5. The fourth-order valence-electron chi connectivity index (χ4n) is 3.41. The minimum absolute atomic E-state index is 0.242. The number of nitrogens with zero attached hydrogens (tertiary/aromatic N) is 2. The van der Waals surface area contributed by atoms with Gasteiger partial charge < -0.3 is 15.5 Å². The van der Waals surface area contributed by atoms with Crippen LogP contribution in [0.1, 0.15) is 36.0 Å². The Bertz CT molecular complexity index is 905. The van der Waals surface area contributed by atoms with E-state index in [0.29, 0.717) is 17.1 Å². The highest BCUT2D eigenvalue weighted by Crippen LogP contribution is 2.22. The summed E-state index contributed by atoms with van der Waals surface area (Å²) in [5, 5.41) is 6.34. The zero-order chi connectivity index (χ0) is 22.2. The molecule has 1 saturated heterocycles. The number of anilines is 2. The first-order chi connectivity index (χ1) is 15.0. The molecule has 9 heteroatoms. The van der Waals surface area contributed by atoms with Crippen molar-refractivity contribution >= 4 is 58.3 Å². The van der Waals surface area contributed by atoms with Gasteiger partial charge in [-0.3, -0.25) is 9.59 Å². The van der Waals surface area contributed by atoms with E-state index in [2.05, 4.69) is 20.5 Å². The number of aromatic nitrogens is 1. The molecule has 2 aromatic rings. The van der Waals surface area contributed by atoms with Gasteiger partial charge in [0.25, 0.3) is 5.91 Å². The lowest BCUT2D eigenvalue weighted by Gasteiger charge is -2.27. The third-order valence-electron chi connectivity index (χ3n) is 5.10. The second kappa shape index (κ2) is 11.6. The first kappa shape index (κ1) is 23.7. The lowest BCUT2D eigenvalue weighted by atomic mass is 10.1. The van der Waals surface area contributed by atoms with E-state index in [0.717, 1.165) is 24.7 Å². The van der Waals surface area contributed by atoms with Crippen LogP contribution in [0.25, 0.3) is 0 Å². The van der Waals surface area contributed by atoms with E-state index >= 15 is 0 Å². The summed E-state index contributed by atoms with van der Waals surface area (Å²) in [5.74, 6) is 0.933. The predicted octanol–water partition coefficient (Wildman–Crippen LogP) is 4.87. The molecule has 0 spiro atoms. The average molecular weight is 481 g/mol. The molecule has 1 aliphatic rings. The lowest BCUT2D eigenvalue weighted by Crippen LogP contribution is -2.44. The fraction of sp³-hybridized carbons (Fsp3) is 0.409. The standard InChI is InChI=1S/C22H26Cl2N4O2S/c1-31-12-9-19(27-21(29)17-7-5-15(23)13-18(17)24)22(30)26-16-6-8-20(25-14-16)28-10-3-2-4-11-28/h5-8,13-14,19H,2-4,9-12H2,1H3,(H,26,30)(H,27,29). The lowest BCUT2D eigenvalue weighted by molar-refractivity contribution is -0.118. The van der Waals surface area contributed by atoms with Crippen molar-refractivity contribution < 1.29 is 9.59 Å². The van der Waals surface area contributed by atoms with Gasteiger partial charge in [0, 0.05) is 18.1 Å². The molecule has 0 saturated carbocycles. The largest absolute Gasteiger partial charge is 0.357 e. The molecule has 2 heterocycles. The number of thioether (sulfide) groups is 1. The molecule has 0 radical (unpaired) electrons. The zero-order valence-electron chi connectivity index (χ0n) is 17.4. The van der Waals surface area contributed by atoms with E-state index < -0.39 is 11.9 Å². The molecule has 1 atom stereocenters. The monoisotopic (exact) mass is 480 g/mol. The number of carbonyl (C=O) groups is 2. The van der Waals surface area contributed by atoms with Gasteiger partial charge in [-0.05, 0) is 68.0 Å². The number of hydrogen-bond donors (Lipinski definition) is 2. The van der Waals surface area contributed by atoms with Crippen molar-refractivity contribution in [2.75, 3.05) is 35.3 Å². The van der Waals surface area contributed by atoms with Crippen LogP contribution < -0.4 is 15.5 Å². The number of hydrogen-bond acceptors (Lipinski definition) is 5. The van der Waals surface area contributed by atoms with Crippen LogP contribution >= 0.6 is 35.0 Å². The molecule has 2 amide bonds. The van der Waals surface area contributed by atoms with Crippen LogP contribution in [0, 0.1) is 0 Å². The Balaban J connectivity index is 1.65. The van der Waals surface area contributed by atoms with Gasteiger partial charge in [-0.15, -0.1) is 0 Å². The van der Waals surface area contributed by atoms with Crippen molar-refractivity contribution in [2.24, 2.45) is 0 Å². The van der Waals surface area contributed by atoms with E-state index in [1.165, 1.54) is 25.3 Å². The Kier molecular flexibility index (Phi) is 8.87. The van der Waals surface area contributed by atoms with Crippen molar-refractivity contribution in [3.63, 3.8) is 0 Å². The minimum Gasteiger partial charge on any atom is -0.357 e. The van der Waals surface area contributed by atoms with Crippen LogP contribution in [0.4, 0.5) is 11.5 Å². The van der Waals surface area contributed by atoms with Gasteiger partial charge in [-0.1, -0.05) is 23.2 Å². The van der Waals surface area contributed by atoms with Crippen LogP contribution in [0.15, 0.2) is 36.5 Å². The number of amides is 2. The van der Waals surface area contributed by atoms with Crippen LogP contribution in [0.5, 0.6) is 0 Å². The van der Waals surface area contributed by atoms with E-state index in [-0.39, 0.29) is 16.5 Å². The number of rotatable bonds is 8. The molecule has 6 nitrogen and oxygen atoms in total. The molecule has 1 aromatic heterocycles. The van der Waals surface area contributed by atoms with Crippen molar-refractivity contribution in [1.29, 1.82) is 0 Å². The number of halogens is 2. The van der Waals surface area contributed by atoms with Gasteiger partial charge in [0.1, 0.15) is 11.9 Å². The van der Waals surface area contributed by atoms with Gasteiger partial charge in [-0.2, -0.15) is 11.8 Å². The second-order valence-corrected chi connectivity index (χ2v) is 9.20. The highest BCUT2D eigenvalue weighted by molar-refractivity contribution is 7.98. The molecule has 1 fully saturated rings. The van der Waals surface area contributed by atoms with E-state index in [1.807, 2.05) is 18.4 Å². The molecule has 2 N–H and O–H groups in total. The predicted molar refractivity (Wildman–Crippen MR) is 130 cm³/mol. The summed E-state index contributed by atoms with van der Waals surface area (Å²) in [6, 6.07) is 7.71. The quantitative estimate of drug-likeness (QED) is 0.563. The number of pyridine rings is 1. The van der Waals surface area contributed by atoms with Gasteiger partial charge in [-0.25, -0.2) is 4.98 Å². The van der Waals surface area contributed by atoms with Gasteiger partial charge in [0.05, 0.1) is 22.5 Å². The van der Waals surface area contributed by atoms with Crippen molar-refractivity contribution in [3.05, 3.63) is 52.1 Å². The van der Waals surface area contributed by atoms with E-state index in [9.17, 15) is 9.59 Å². The molecule has 1 aromatic carbocycles. The molecule has 166 valence electrons. The normalized spacial score (nSPS) is 14.7. The third-order valence-corrected chi connectivity index (χ3v) is 6.30. The SMILES string of the molecule is CSCCC(NC(=O)c1ccc(Cl)cc1Cl)C(=O)Nc1ccc(N2CCCCC2)nc1. The highest BCUT2D eigenvalue weighted by Gasteiger charge is 2.23. The Morgan fingerprint density at radius 3 is 2.58 bits per heavy atom. The third kappa shape index (κ3) is 6.76. The van der Waals surface area contributed by atoms with Crippen LogP contribution in [-0.2, 0) is 4.79 Å². The topological polar surface area (TPSA) is 74.3 Å². The molecule has 31 heavy (non-hydrogen) atoms. The maximum atomic E-state index is 12.9. The smallest absolute Gasteiger partial charge is 0.253 e. The summed E-state index contributed by atoms with van der Waals surface area (Å²) in [5.41, 5.74) is 0.874. The number of nitrogens with one attached hydrogen (secondary N) is 2. The summed E-state index contributed by atoms with van der Waals surface area (Å²) in [6.45, 7) is 2.02. The van der Waals surface area contributed by atoms with Crippen molar-refractivity contribution in [2.45, 2.75) is 31.7 Å². The number of benzene rings is 1. The van der Waals surface area contributed by atoms with E-state index in [4.69, 9.17) is 23.2 Å². The van der Waals surface area contributed by atoms with E-state index in [1.54, 1.807) is 30.1 Å². The van der Waals surface area contributed by atoms with Crippen molar-refractivity contribution in [3.8, 4) is 0 Å². The Morgan fingerprint density at radius 1 is 1.16 bits per heavy atom. The molecular weight excluding hydrogens is 455 g/mol. The van der Waals surface area contributed by atoms with Gasteiger partial charge >= 0.3 is 0 Å². The number of piperidine rings is 1. The molecule has 0 aliphatic carbocycles. The second-order valence-electron chi connectivity index (χ2n) is 7.37. The molecule has 3 rings (SSSR count). The Hall–Kier alpha value is -1.96. The maximum Gasteiger partial charge on any atom is 0.253 e. The molecule has 0 bridgehead atoms. The molecular formula is C22H26Cl2N4O2S. The summed E-state index contributed by atoms with van der Waals surface area (Å²) < 4.78 is 0. The average Bonchev–Trinajstić information content (AvgIpc) is 2.77. The summed E-state index contributed by atoms with van der Waals surface area (Å²) >= 11 is 13.7. The van der Waals surface area contributed by atoms with Crippen LogP contribution in [0.3, 0.4) is 0 Å². The fourth-order valence-corrected chi connectivity index (χ4v) is 4.38. The summed E-state index contributed by atoms with van der Waals surface area (Å²) in [7, 11) is 0. The van der Waals surface area contributed by atoms with Gasteiger partial charge in [0.2, 0.25) is 5.91 Å². The van der Waals surface area contributed by atoms with Gasteiger partial charge in [0.15, 0.2) is 0 Å². The molecule has 1 unspecified atom stereocenters. The van der Waals surface area contributed by atoms with Crippen LogP contribution in [0.2, 0.25) is 10.0 Å². The Labute approximate surface area is 197 Å². The first-order valence-corrected chi connectivity index (χ1v) is 12.4. The minimum atomic E-state index is -0.700.